The first-order valence-corrected chi connectivity index (χ1v) is 10.1. The number of nitrogens with two attached hydrogens (primary N) is 1. The van der Waals surface area contributed by atoms with Gasteiger partial charge in [0.05, 0.1) is 12.0 Å². The van der Waals surface area contributed by atoms with Crippen molar-refractivity contribution in [2.75, 3.05) is 5.73 Å². The van der Waals surface area contributed by atoms with E-state index in [1.807, 2.05) is 0 Å². The first-order chi connectivity index (χ1) is 12.8. The van der Waals surface area contributed by atoms with Gasteiger partial charge in [0.25, 0.3) is 0 Å². The van der Waals surface area contributed by atoms with Gasteiger partial charge in [-0.3, -0.25) is 14.1 Å². The summed E-state index contributed by atoms with van der Waals surface area (Å²) in [4.78, 5) is 44.7. The largest absolute Gasteiger partial charge is 0.478 e. The summed E-state index contributed by atoms with van der Waals surface area (Å²) in [7, 11) is -4.72. The van der Waals surface area contributed by atoms with Crippen molar-refractivity contribution >= 4 is 50.1 Å². The van der Waals surface area contributed by atoms with Crippen molar-refractivity contribution in [3.05, 3.63) is 11.1 Å². The number of nitrogen functional groups attached to an aromatic ring is 1. The molecule has 1 aliphatic heterocycles. The molecule has 1 aromatic heterocycles. The standard InChI is InChI=1S/C14H18N4O8S2/c1-6-7(11(20)18(6)28(23,24)25)4-9(19)10(8-5-27-13(15)16-8)17-26-14(2,3)12(21)22/h5-7H,4H2,1-3H3,(H2,15,16)(H,21,22)(H,23,24,25)/b17-10+/t6-,7-/m0/s1. The lowest BCUT2D eigenvalue weighted by molar-refractivity contribution is -0.161. The smallest absolute Gasteiger partial charge is 0.362 e. The molecule has 12 nitrogen and oxygen atoms in total. The van der Waals surface area contributed by atoms with E-state index in [4.69, 9.17) is 20.2 Å². The summed E-state index contributed by atoms with van der Waals surface area (Å²) in [5.74, 6) is -4.01. The summed E-state index contributed by atoms with van der Waals surface area (Å²) < 4.78 is 31.6. The molecule has 0 aromatic carbocycles. The molecule has 0 radical (unpaired) electrons. The molecule has 1 fully saturated rings. The molecule has 0 saturated carbocycles. The van der Waals surface area contributed by atoms with Crippen molar-refractivity contribution in [2.24, 2.45) is 11.1 Å². The van der Waals surface area contributed by atoms with Gasteiger partial charge in [-0.1, -0.05) is 5.16 Å². The minimum Gasteiger partial charge on any atom is -0.478 e. The summed E-state index contributed by atoms with van der Waals surface area (Å²) in [6.07, 6.45) is -0.445. The molecule has 0 aliphatic carbocycles. The number of hydrogen-bond acceptors (Lipinski definition) is 10. The maximum Gasteiger partial charge on any atom is 0.362 e. The number of aromatic nitrogens is 1. The third-order valence-electron chi connectivity index (χ3n) is 4.05. The lowest BCUT2D eigenvalue weighted by atomic mass is 9.86. The number of nitrogens with zero attached hydrogens (tertiary/aromatic N) is 3. The van der Waals surface area contributed by atoms with E-state index >= 15 is 0 Å². The van der Waals surface area contributed by atoms with E-state index in [-0.39, 0.29) is 20.8 Å². The molecule has 0 bridgehead atoms. The third-order valence-corrected chi connectivity index (χ3v) is 5.73. The summed E-state index contributed by atoms with van der Waals surface area (Å²) >= 11 is 1.01. The Hall–Kier alpha value is -2.58. The van der Waals surface area contributed by atoms with Gasteiger partial charge in [-0.2, -0.15) is 8.42 Å². The van der Waals surface area contributed by atoms with E-state index in [1.54, 1.807) is 0 Å². The van der Waals surface area contributed by atoms with Crippen LogP contribution >= 0.6 is 11.3 Å². The number of Topliss-reactive ketones (excluding diaryl/α,β-unsaturated/α-hetero) is 1. The predicted molar refractivity (Wildman–Crippen MR) is 96.8 cm³/mol. The number of amides is 1. The SMILES string of the molecule is C[C@H]1[C@H](CC(=O)/C(=N/OC(C)(C)C(=O)O)c2csc(N)n2)C(=O)N1S(=O)(=O)O. The molecule has 0 unspecified atom stereocenters. The Balaban J connectivity index is 2.26. The molecule has 2 heterocycles. The Bertz CT molecular complexity index is 952. The summed E-state index contributed by atoms with van der Waals surface area (Å²) in [5.41, 5.74) is 3.48. The molecular weight excluding hydrogens is 416 g/mol. The van der Waals surface area contributed by atoms with Crippen LogP contribution in [0.2, 0.25) is 0 Å². The second-order valence-electron chi connectivity index (χ2n) is 6.50. The number of hydrogen-bond donors (Lipinski definition) is 3. The van der Waals surface area contributed by atoms with Crippen molar-refractivity contribution in [1.82, 2.24) is 9.29 Å². The topological polar surface area (TPSA) is 190 Å². The number of carboxylic acid groups (broad SMARTS) is 1. The zero-order valence-electron chi connectivity index (χ0n) is 15.0. The van der Waals surface area contributed by atoms with Gasteiger partial charge in [0.15, 0.2) is 16.6 Å². The van der Waals surface area contributed by atoms with Crippen molar-refractivity contribution in [1.29, 1.82) is 0 Å². The molecule has 0 spiro atoms. The van der Waals surface area contributed by atoms with Crippen molar-refractivity contribution in [3.63, 3.8) is 0 Å². The number of anilines is 1. The molecule has 14 heteroatoms. The number of carbonyl (C=O) groups excluding carboxylic acids is 2. The van der Waals surface area contributed by atoms with Crippen LogP contribution in [0.15, 0.2) is 10.5 Å². The van der Waals surface area contributed by atoms with E-state index in [0.29, 0.717) is 0 Å². The van der Waals surface area contributed by atoms with E-state index in [1.165, 1.54) is 26.2 Å². The number of oxime groups is 1. The van der Waals surface area contributed by atoms with Crippen LogP contribution < -0.4 is 5.73 Å². The number of carboxylic acids is 1. The lowest BCUT2D eigenvalue weighted by Gasteiger charge is -2.41. The second-order valence-corrected chi connectivity index (χ2v) is 8.68. The van der Waals surface area contributed by atoms with Gasteiger partial charge < -0.3 is 15.7 Å². The maximum absolute atomic E-state index is 12.7. The highest BCUT2D eigenvalue weighted by molar-refractivity contribution is 7.84. The molecule has 1 aliphatic rings. The van der Waals surface area contributed by atoms with E-state index in [2.05, 4.69) is 10.1 Å². The van der Waals surface area contributed by atoms with E-state index < -0.39 is 51.9 Å². The zero-order valence-corrected chi connectivity index (χ0v) is 16.7. The minimum atomic E-state index is -4.72. The van der Waals surface area contributed by atoms with Gasteiger partial charge in [0.1, 0.15) is 5.69 Å². The highest BCUT2D eigenvalue weighted by atomic mass is 32.2. The summed E-state index contributed by atoms with van der Waals surface area (Å²) in [6, 6.07) is -0.940. The van der Waals surface area contributed by atoms with Crippen LogP contribution in [0.3, 0.4) is 0 Å². The lowest BCUT2D eigenvalue weighted by Crippen LogP contribution is -2.62. The Kier molecular flexibility index (Phi) is 5.77. The Labute approximate surface area is 163 Å². The fourth-order valence-electron chi connectivity index (χ4n) is 2.37. The fraction of sp³-hybridized carbons (Fsp3) is 0.500. The van der Waals surface area contributed by atoms with Gasteiger partial charge in [-0.15, -0.1) is 11.3 Å². The molecule has 1 saturated heterocycles. The molecule has 28 heavy (non-hydrogen) atoms. The Morgan fingerprint density at radius 3 is 2.50 bits per heavy atom. The molecule has 2 rings (SSSR count). The summed E-state index contributed by atoms with van der Waals surface area (Å²) in [5, 5.41) is 14.2. The quantitative estimate of drug-likeness (QED) is 0.216. The molecule has 2 atom stereocenters. The van der Waals surface area contributed by atoms with Gasteiger partial charge in [-0.25, -0.2) is 14.1 Å². The van der Waals surface area contributed by atoms with Gasteiger partial charge in [0, 0.05) is 11.8 Å². The first kappa shape index (κ1) is 21.7. The molecule has 4 N–H and O–H groups in total. The van der Waals surface area contributed by atoms with E-state index in [9.17, 15) is 22.8 Å². The minimum absolute atomic E-state index is 0.0275. The zero-order chi connectivity index (χ0) is 21.4. The normalized spacial score (nSPS) is 20.6. The van der Waals surface area contributed by atoms with Gasteiger partial charge >= 0.3 is 16.3 Å². The summed E-state index contributed by atoms with van der Waals surface area (Å²) in [6.45, 7) is 3.80. The molecule has 1 amide bonds. The Morgan fingerprint density at radius 1 is 1.46 bits per heavy atom. The average molecular weight is 434 g/mol. The van der Waals surface area contributed by atoms with Crippen LogP contribution in [-0.2, 0) is 29.5 Å². The van der Waals surface area contributed by atoms with Crippen LogP contribution in [-0.4, -0.2) is 62.4 Å². The van der Waals surface area contributed by atoms with Crippen molar-refractivity contribution < 1.29 is 37.3 Å². The highest BCUT2D eigenvalue weighted by Crippen LogP contribution is 2.32. The second kappa shape index (κ2) is 7.44. The Morgan fingerprint density at radius 2 is 2.07 bits per heavy atom. The van der Waals surface area contributed by atoms with E-state index in [0.717, 1.165) is 11.3 Å². The number of rotatable bonds is 8. The maximum atomic E-state index is 12.7. The number of carbonyl (C=O) groups is 3. The van der Waals surface area contributed by atoms with Gasteiger partial charge in [0.2, 0.25) is 11.5 Å². The number of aliphatic carboxylic acids is 1. The number of ketones is 1. The van der Waals surface area contributed by atoms with Crippen molar-refractivity contribution in [2.45, 2.75) is 38.8 Å². The molecule has 1 aromatic rings. The first-order valence-electron chi connectivity index (χ1n) is 7.80. The third kappa shape index (κ3) is 4.28. The monoisotopic (exact) mass is 434 g/mol. The number of thiazole rings is 1. The van der Waals surface area contributed by atoms with Crippen LogP contribution in [0.4, 0.5) is 5.13 Å². The average Bonchev–Trinajstić information content (AvgIpc) is 2.97. The molecule has 154 valence electrons. The van der Waals surface area contributed by atoms with Crippen molar-refractivity contribution in [3.8, 4) is 0 Å². The van der Waals surface area contributed by atoms with Gasteiger partial charge in [-0.05, 0) is 20.8 Å². The van der Waals surface area contributed by atoms with Crippen LogP contribution in [0.1, 0.15) is 32.9 Å². The number of β-lactam (4-membered cyclic amide) rings is 1. The highest BCUT2D eigenvalue weighted by Gasteiger charge is 2.51. The van der Waals surface area contributed by atoms with Crippen LogP contribution in [0, 0.1) is 5.92 Å². The van der Waals surface area contributed by atoms with Crippen LogP contribution in [0.25, 0.3) is 0 Å². The van der Waals surface area contributed by atoms with Crippen LogP contribution in [0.5, 0.6) is 0 Å². The predicted octanol–water partition coefficient (Wildman–Crippen LogP) is -0.0819. The fourth-order valence-corrected chi connectivity index (χ4v) is 3.84. The molecular formula is C14H18N4O8S2.